The molecule has 0 atom stereocenters. The lowest BCUT2D eigenvalue weighted by molar-refractivity contribution is -0.0236. The molecule has 0 aliphatic carbocycles. The fourth-order valence-electron chi connectivity index (χ4n) is 3.42. The number of phenolic OH excluding ortho intramolecular Hbond substituents is 6. The van der Waals surface area contributed by atoms with Gasteiger partial charge >= 0.3 is 11.9 Å². The zero-order valence-corrected chi connectivity index (χ0v) is 25.8. The van der Waals surface area contributed by atoms with Crippen LogP contribution in [0.5, 0.6) is 34.5 Å². The SMILES string of the molecule is O=C(OCCOCCOCCOCCOCCOCCOCCOCCOC(=O)c1cc(O)c(O)c(O)c1)c1cc(O)c(O)c(O)c1. The minimum atomic E-state index is -0.784. The van der Waals surface area contributed by atoms with E-state index in [1.807, 2.05) is 0 Å². The van der Waals surface area contributed by atoms with E-state index in [1.54, 1.807) is 0 Å². The van der Waals surface area contributed by atoms with Crippen molar-refractivity contribution in [1.29, 1.82) is 0 Å². The van der Waals surface area contributed by atoms with Gasteiger partial charge in [-0.15, -0.1) is 0 Å². The second kappa shape index (κ2) is 23.3. The number of aromatic hydroxyl groups is 6. The van der Waals surface area contributed by atoms with Gasteiger partial charge in [0.15, 0.2) is 34.5 Å². The number of rotatable bonds is 26. The number of phenols is 6. The van der Waals surface area contributed by atoms with Gasteiger partial charge in [0.2, 0.25) is 0 Å². The monoisotopic (exact) mass is 674 g/mol. The van der Waals surface area contributed by atoms with Gasteiger partial charge in [-0.1, -0.05) is 0 Å². The minimum Gasteiger partial charge on any atom is -0.504 e. The van der Waals surface area contributed by atoms with Crippen LogP contribution in [0.25, 0.3) is 0 Å². The number of carbonyl (C=O) groups is 2. The van der Waals surface area contributed by atoms with Crippen molar-refractivity contribution in [1.82, 2.24) is 0 Å². The fourth-order valence-corrected chi connectivity index (χ4v) is 3.42. The van der Waals surface area contributed by atoms with Crippen molar-refractivity contribution in [3.63, 3.8) is 0 Å². The molecule has 17 heteroatoms. The van der Waals surface area contributed by atoms with Gasteiger partial charge in [0.25, 0.3) is 0 Å². The van der Waals surface area contributed by atoms with E-state index in [9.17, 15) is 40.2 Å². The topological polar surface area (TPSA) is 239 Å². The standard InChI is InChI=1S/C30H42O17/c31-23-17-21(18-24(32)27(23)35)29(37)46-15-13-44-11-9-42-7-5-40-3-1-39-2-4-41-6-8-43-10-12-45-14-16-47-30(38)22-19-25(33)28(36)26(34)20-22/h17-20,31-36H,1-16H2. The molecular weight excluding hydrogens is 632 g/mol. The molecular formula is C30H42O17. The Balaban J connectivity index is 1.26. The molecule has 2 aromatic rings. The zero-order chi connectivity index (χ0) is 34.3. The predicted molar refractivity (Wildman–Crippen MR) is 159 cm³/mol. The molecule has 0 saturated carbocycles. The molecule has 0 aliphatic heterocycles. The van der Waals surface area contributed by atoms with E-state index < -0.39 is 46.4 Å². The third kappa shape index (κ3) is 16.3. The Bertz CT molecular complexity index is 1070. The number of hydrogen-bond donors (Lipinski definition) is 6. The summed E-state index contributed by atoms with van der Waals surface area (Å²) in [5.41, 5.74) is -0.219. The summed E-state index contributed by atoms with van der Waals surface area (Å²) in [7, 11) is 0. The van der Waals surface area contributed by atoms with Crippen molar-refractivity contribution in [3.8, 4) is 34.5 Å². The lowest BCUT2D eigenvalue weighted by atomic mass is 10.2. The molecule has 2 aromatic carbocycles. The molecule has 0 fully saturated rings. The van der Waals surface area contributed by atoms with Gasteiger partial charge in [-0.3, -0.25) is 0 Å². The smallest absolute Gasteiger partial charge is 0.338 e. The van der Waals surface area contributed by atoms with Gasteiger partial charge in [0, 0.05) is 0 Å². The zero-order valence-electron chi connectivity index (χ0n) is 25.8. The lowest BCUT2D eigenvalue weighted by Gasteiger charge is -2.09. The van der Waals surface area contributed by atoms with E-state index in [0.717, 1.165) is 24.3 Å². The van der Waals surface area contributed by atoms with Gasteiger partial charge in [-0.05, 0) is 24.3 Å². The molecule has 0 bridgehead atoms. The highest BCUT2D eigenvalue weighted by molar-refractivity contribution is 5.91. The number of ether oxygens (including phenoxy) is 9. The van der Waals surface area contributed by atoms with Gasteiger partial charge in [0.05, 0.1) is 104 Å². The minimum absolute atomic E-state index is 0.0451. The number of carbonyl (C=O) groups excluding carboxylic acids is 2. The van der Waals surface area contributed by atoms with Crippen LogP contribution in [0.3, 0.4) is 0 Å². The van der Waals surface area contributed by atoms with Gasteiger partial charge < -0.3 is 73.3 Å². The molecule has 17 nitrogen and oxygen atoms in total. The Morgan fingerprint density at radius 2 is 0.553 bits per heavy atom. The third-order valence-corrected chi connectivity index (χ3v) is 5.76. The summed E-state index contributed by atoms with van der Waals surface area (Å²) in [6, 6.07) is 3.93. The normalized spacial score (nSPS) is 11.1. The number of benzene rings is 2. The van der Waals surface area contributed by atoms with E-state index in [4.69, 9.17) is 42.6 Å². The highest BCUT2D eigenvalue weighted by Crippen LogP contribution is 2.36. The van der Waals surface area contributed by atoms with Crippen LogP contribution in [0.2, 0.25) is 0 Å². The molecule has 47 heavy (non-hydrogen) atoms. The Morgan fingerprint density at radius 3 is 0.766 bits per heavy atom. The molecule has 0 amide bonds. The van der Waals surface area contributed by atoms with Crippen molar-refractivity contribution in [3.05, 3.63) is 35.4 Å². The summed E-state index contributed by atoms with van der Waals surface area (Å²) in [6.45, 7) is 4.46. The van der Waals surface area contributed by atoms with E-state index in [2.05, 4.69) is 0 Å². The van der Waals surface area contributed by atoms with Crippen LogP contribution in [-0.4, -0.2) is 148 Å². The number of esters is 2. The molecule has 0 radical (unpaired) electrons. The largest absolute Gasteiger partial charge is 0.504 e. The fraction of sp³-hybridized carbons (Fsp3) is 0.533. The van der Waals surface area contributed by atoms with Gasteiger partial charge in [-0.25, -0.2) is 9.59 Å². The van der Waals surface area contributed by atoms with Crippen molar-refractivity contribution in [2.45, 2.75) is 0 Å². The first-order chi connectivity index (χ1) is 22.7. The Kier molecular flexibility index (Phi) is 19.3. The first kappa shape index (κ1) is 39.1. The molecule has 0 saturated heterocycles. The van der Waals surface area contributed by atoms with Crippen molar-refractivity contribution in [2.75, 3.05) is 106 Å². The highest BCUT2D eigenvalue weighted by Gasteiger charge is 2.15. The first-order valence-corrected chi connectivity index (χ1v) is 14.6. The van der Waals surface area contributed by atoms with Crippen LogP contribution in [0.15, 0.2) is 24.3 Å². The second-order valence-electron chi connectivity index (χ2n) is 9.28. The molecule has 6 N–H and O–H groups in total. The van der Waals surface area contributed by atoms with E-state index in [-0.39, 0.29) is 50.8 Å². The summed E-state index contributed by atoms with van der Waals surface area (Å²) in [6.07, 6.45) is 0. The van der Waals surface area contributed by atoms with E-state index in [1.165, 1.54) is 0 Å². The Labute approximate surface area is 270 Å². The van der Waals surface area contributed by atoms with Gasteiger partial charge in [0.1, 0.15) is 13.2 Å². The molecule has 2 rings (SSSR count). The van der Waals surface area contributed by atoms with Crippen molar-refractivity contribution < 1.29 is 82.9 Å². The summed E-state index contributed by atoms with van der Waals surface area (Å²) in [4.78, 5) is 23.8. The van der Waals surface area contributed by atoms with Crippen LogP contribution in [0.1, 0.15) is 20.7 Å². The highest BCUT2D eigenvalue weighted by atomic mass is 16.6. The summed E-state index contributed by atoms with van der Waals surface area (Å²) >= 11 is 0. The lowest BCUT2D eigenvalue weighted by Crippen LogP contribution is -2.15. The van der Waals surface area contributed by atoms with Crippen LogP contribution < -0.4 is 0 Å². The maximum Gasteiger partial charge on any atom is 0.338 e. The average Bonchev–Trinajstić information content (AvgIpc) is 3.05. The summed E-state index contributed by atoms with van der Waals surface area (Å²) in [5, 5.41) is 56.3. The summed E-state index contributed by atoms with van der Waals surface area (Å²) in [5.74, 6) is -5.53. The Morgan fingerprint density at radius 1 is 0.362 bits per heavy atom. The average molecular weight is 675 g/mol. The molecule has 0 spiro atoms. The third-order valence-electron chi connectivity index (χ3n) is 5.76. The van der Waals surface area contributed by atoms with Crippen LogP contribution in [0, 0.1) is 0 Å². The van der Waals surface area contributed by atoms with E-state index in [0.29, 0.717) is 66.1 Å². The first-order valence-electron chi connectivity index (χ1n) is 14.6. The van der Waals surface area contributed by atoms with Crippen LogP contribution in [0.4, 0.5) is 0 Å². The summed E-state index contributed by atoms with van der Waals surface area (Å²) < 4.78 is 47.5. The molecule has 264 valence electrons. The predicted octanol–water partition coefficient (Wildman–Crippen LogP) is 1.05. The van der Waals surface area contributed by atoms with E-state index >= 15 is 0 Å². The van der Waals surface area contributed by atoms with Gasteiger partial charge in [-0.2, -0.15) is 0 Å². The van der Waals surface area contributed by atoms with Crippen molar-refractivity contribution >= 4 is 11.9 Å². The molecule has 0 aliphatic rings. The maximum absolute atomic E-state index is 11.9. The quantitative estimate of drug-likeness (QED) is 0.0464. The maximum atomic E-state index is 11.9. The van der Waals surface area contributed by atoms with Crippen LogP contribution >= 0.6 is 0 Å². The Hall–Kier alpha value is -4.10. The molecule has 0 heterocycles. The van der Waals surface area contributed by atoms with Crippen molar-refractivity contribution in [2.24, 2.45) is 0 Å². The number of hydrogen-bond acceptors (Lipinski definition) is 17. The molecule has 0 unspecified atom stereocenters. The molecule has 0 aromatic heterocycles. The van der Waals surface area contributed by atoms with Crippen LogP contribution in [-0.2, 0) is 42.6 Å². The second-order valence-corrected chi connectivity index (χ2v) is 9.28.